The molecule has 0 saturated carbocycles. The molecule has 0 heterocycles. The van der Waals surface area contributed by atoms with Gasteiger partial charge in [0, 0.05) is 12.8 Å². The van der Waals surface area contributed by atoms with Gasteiger partial charge in [0.2, 0.25) is 5.91 Å². The molecule has 3 N–H and O–H groups in total. The molecule has 0 aromatic heterocycles. The molecule has 0 aromatic rings. The van der Waals surface area contributed by atoms with Gasteiger partial charge in [-0.15, -0.1) is 0 Å². The van der Waals surface area contributed by atoms with Crippen molar-refractivity contribution in [2.45, 2.75) is 257 Å². The van der Waals surface area contributed by atoms with E-state index in [1.54, 1.807) is 0 Å². The molecule has 0 rings (SSSR count). The van der Waals surface area contributed by atoms with Crippen LogP contribution in [0.4, 0.5) is 0 Å². The van der Waals surface area contributed by atoms with E-state index in [9.17, 15) is 19.8 Å². The third-order valence-corrected chi connectivity index (χ3v) is 10.9. The fourth-order valence-electron chi connectivity index (χ4n) is 7.13. The number of nitrogens with one attached hydrogen (secondary N) is 1. The van der Waals surface area contributed by atoms with Gasteiger partial charge in [0.1, 0.15) is 0 Å². The topological polar surface area (TPSA) is 95.9 Å². The van der Waals surface area contributed by atoms with Gasteiger partial charge in [0.05, 0.1) is 25.4 Å². The Morgan fingerprint density at radius 1 is 0.500 bits per heavy atom. The molecule has 2 atom stereocenters. The molecule has 0 saturated heterocycles. The highest BCUT2D eigenvalue weighted by atomic mass is 16.5. The zero-order valence-corrected chi connectivity index (χ0v) is 37.1. The fraction of sp³-hybridized carbons (Fsp3) is 0.840. The third kappa shape index (κ3) is 41.7. The first-order valence-corrected chi connectivity index (χ1v) is 24.2. The van der Waals surface area contributed by atoms with Crippen molar-refractivity contribution in [3.8, 4) is 0 Å². The minimum atomic E-state index is -0.679. The average Bonchev–Trinajstić information content (AvgIpc) is 3.20. The van der Waals surface area contributed by atoms with Crippen LogP contribution in [0.15, 0.2) is 36.5 Å². The Hall–Kier alpha value is -1.92. The SMILES string of the molecule is CCCCCC/C=C\C/C=C\CCCCCCCCCC(=O)OCCCCC/C=C\CCCCCCCC(=O)NC(CO)C(O)CCCCCCCCCCC. The van der Waals surface area contributed by atoms with Crippen LogP contribution in [-0.2, 0) is 14.3 Å². The first kappa shape index (κ1) is 54.1. The van der Waals surface area contributed by atoms with E-state index in [0.29, 0.717) is 25.9 Å². The smallest absolute Gasteiger partial charge is 0.305 e. The van der Waals surface area contributed by atoms with Crippen LogP contribution >= 0.6 is 0 Å². The minimum absolute atomic E-state index is 0.0312. The maximum atomic E-state index is 12.4. The zero-order chi connectivity index (χ0) is 40.8. The summed E-state index contributed by atoms with van der Waals surface area (Å²) in [4.78, 5) is 24.4. The van der Waals surface area contributed by atoms with Crippen LogP contribution in [0.5, 0.6) is 0 Å². The van der Waals surface area contributed by atoms with Gasteiger partial charge in [-0.25, -0.2) is 0 Å². The third-order valence-electron chi connectivity index (χ3n) is 10.9. The summed E-state index contributed by atoms with van der Waals surface area (Å²) in [6.45, 7) is 4.84. The van der Waals surface area contributed by atoms with Crippen molar-refractivity contribution in [3.63, 3.8) is 0 Å². The Kier molecular flexibility index (Phi) is 44.2. The molecule has 0 radical (unpaired) electrons. The van der Waals surface area contributed by atoms with Crippen LogP contribution in [0.1, 0.15) is 245 Å². The second kappa shape index (κ2) is 45.8. The van der Waals surface area contributed by atoms with Crippen molar-refractivity contribution >= 4 is 11.9 Å². The number of esters is 1. The van der Waals surface area contributed by atoms with E-state index in [4.69, 9.17) is 4.74 Å². The molecule has 0 aromatic carbocycles. The van der Waals surface area contributed by atoms with Gasteiger partial charge < -0.3 is 20.3 Å². The van der Waals surface area contributed by atoms with E-state index in [1.807, 2.05) is 0 Å². The lowest BCUT2D eigenvalue weighted by atomic mass is 10.0. The second-order valence-electron chi connectivity index (χ2n) is 16.4. The first-order chi connectivity index (χ1) is 27.5. The van der Waals surface area contributed by atoms with Gasteiger partial charge in [-0.2, -0.15) is 0 Å². The summed E-state index contributed by atoms with van der Waals surface area (Å²) >= 11 is 0. The molecule has 0 aliphatic heterocycles. The summed E-state index contributed by atoms with van der Waals surface area (Å²) in [5.74, 6) is -0.0964. The first-order valence-electron chi connectivity index (χ1n) is 24.2. The largest absolute Gasteiger partial charge is 0.466 e. The van der Waals surface area contributed by atoms with E-state index in [2.05, 4.69) is 55.6 Å². The number of aliphatic hydroxyl groups excluding tert-OH is 2. The standard InChI is InChI=1S/C50H93NO5/c1-3-5-7-9-11-13-14-15-16-17-18-19-20-24-28-32-36-40-44-50(55)56-45-41-37-33-29-25-22-21-23-27-31-35-39-43-49(54)51-47(46-52)48(53)42-38-34-30-26-12-10-8-6-4-2/h13-14,16-17,22,25,47-48,52-53H,3-12,15,18-21,23-24,26-46H2,1-2H3,(H,51,54)/b14-13-,17-16-,25-22-. The number of aliphatic hydroxyl groups is 2. The number of ether oxygens (including phenoxy) is 1. The van der Waals surface area contributed by atoms with E-state index >= 15 is 0 Å². The number of hydrogen-bond donors (Lipinski definition) is 3. The van der Waals surface area contributed by atoms with Crippen molar-refractivity contribution < 1.29 is 24.5 Å². The lowest BCUT2D eigenvalue weighted by molar-refractivity contribution is -0.143. The predicted molar refractivity (Wildman–Crippen MR) is 241 cm³/mol. The molecule has 2 unspecified atom stereocenters. The Bertz CT molecular complexity index is 915. The van der Waals surface area contributed by atoms with Crippen molar-refractivity contribution in [2.24, 2.45) is 0 Å². The lowest BCUT2D eigenvalue weighted by Crippen LogP contribution is -2.45. The molecule has 0 spiro atoms. The van der Waals surface area contributed by atoms with Crippen molar-refractivity contribution in [1.82, 2.24) is 5.32 Å². The second-order valence-corrected chi connectivity index (χ2v) is 16.4. The van der Waals surface area contributed by atoms with Crippen molar-refractivity contribution in [3.05, 3.63) is 36.5 Å². The molecule has 0 fully saturated rings. The van der Waals surface area contributed by atoms with Crippen LogP contribution in [0, 0.1) is 0 Å². The zero-order valence-electron chi connectivity index (χ0n) is 37.1. The van der Waals surface area contributed by atoms with Crippen molar-refractivity contribution in [2.75, 3.05) is 13.2 Å². The molecular weight excluding hydrogens is 695 g/mol. The maximum Gasteiger partial charge on any atom is 0.305 e. The lowest BCUT2D eigenvalue weighted by Gasteiger charge is -2.22. The van der Waals surface area contributed by atoms with E-state index in [-0.39, 0.29) is 18.5 Å². The molecule has 328 valence electrons. The molecule has 0 aliphatic rings. The fourth-order valence-corrected chi connectivity index (χ4v) is 7.13. The van der Waals surface area contributed by atoms with E-state index in [0.717, 1.165) is 83.5 Å². The monoisotopic (exact) mass is 788 g/mol. The number of amides is 1. The molecule has 6 heteroatoms. The Morgan fingerprint density at radius 2 is 0.893 bits per heavy atom. The highest BCUT2D eigenvalue weighted by molar-refractivity contribution is 5.76. The summed E-state index contributed by atoms with van der Waals surface area (Å²) in [7, 11) is 0. The number of carbonyl (C=O) groups is 2. The van der Waals surface area contributed by atoms with Crippen molar-refractivity contribution in [1.29, 1.82) is 0 Å². The van der Waals surface area contributed by atoms with Crippen LogP contribution in [0.2, 0.25) is 0 Å². The molecule has 6 nitrogen and oxygen atoms in total. The summed E-state index contributed by atoms with van der Waals surface area (Å²) in [6.07, 6.45) is 54.0. The number of carbonyl (C=O) groups excluding carboxylic acids is 2. The molecule has 1 amide bonds. The minimum Gasteiger partial charge on any atom is -0.466 e. The highest BCUT2D eigenvalue weighted by Crippen LogP contribution is 2.14. The van der Waals surface area contributed by atoms with Crippen LogP contribution in [-0.4, -0.2) is 47.4 Å². The predicted octanol–water partition coefficient (Wildman–Crippen LogP) is 14.1. The molecule has 56 heavy (non-hydrogen) atoms. The van der Waals surface area contributed by atoms with Gasteiger partial charge in [-0.1, -0.05) is 179 Å². The molecular formula is C50H93NO5. The van der Waals surface area contributed by atoms with Gasteiger partial charge in [0.25, 0.3) is 0 Å². The van der Waals surface area contributed by atoms with Gasteiger partial charge >= 0.3 is 5.97 Å². The summed E-state index contributed by atoms with van der Waals surface area (Å²) in [6, 6.07) is -0.559. The van der Waals surface area contributed by atoms with Crippen LogP contribution in [0.25, 0.3) is 0 Å². The van der Waals surface area contributed by atoms with Crippen LogP contribution < -0.4 is 5.32 Å². The van der Waals surface area contributed by atoms with Gasteiger partial charge in [-0.3, -0.25) is 9.59 Å². The summed E-state index contributed by atoms with van der Waals surface area (Å²) in [5, 5.41) is 23.0. The number of allylic oxidation sites excluding steroid dienone is 6. The summed E-state index contributed by atoms with van der Waals surface area (Å²) in [5.41, 5.74) is 0. The average molecular weight is 788 g/mol. The Balaban J connectivity index is 3.49. The number of hydrogen-bond acceptors (Lipinski definition) is 5. The van der Waals surface area contributed by atoms with Gasteiger partial charge in [0.15, 0.2) is 0 Å². The normalized spacial score (nSPS) is 13.0. The van der Waals surface area contributed by atoms with E-state index < -0.39 is 12.1 Å². The van der Waals surface area contributed by atoms with E-state index in [1.165, 1.54) is 128 Å². The number of rotatable bonds is 44. The number of unbranched alkanes of at least 4 members (excludes halogenated alkanes) is 27. The maximum absolute atomic E-state index is 12.4. The van der Waals surface area contributed by atoms with Gasteiger partial charge in [-0.05, 0) is 89.9 Å². The molecule has 0 aliphatic carbocycles. The molecule has 0 bridgehead atoms. The van der Waals surface area contributed by atoms with Crippen LogP contribution in [0.3, 0.4) is 0 Å². The Morgan fingerprint density at radius 3 is 1.39 bits per heavy atom. The Labute approximate surface area is 347 Å². The quantitative estimate of drug-likeness (QED) is 0.0325. The highest BCUT2D eigenvalue weighted by Gasteiger charge is 2.20. The summed E-state index contributed by atoms with van der Waals surface area (Å²) < 4.78 is 5.44.